The van der Waals surface area contributed by atoms with Crippen molar-refractivity contribution in [3.63, 3.8) is 0 Å². The Labute approximate surface area is 106 Å². The smallest absolute Gasteiger partial charge is 0.490 e. The van der Waals surface area contributed by atoms with Crippen molar-refractivity contribution in [1.29, 1.82) is 0 Å². The van der Waals surface area contributed by atoms with Gasteiger partial charge in [0.05, 0.1) is 6.10 Å². The van der Waals surface area contributed by atoms with Gasteiger partial charge < -0.3 is 19.3 Å². The van der Waals surface area contributed by atoms with E-state index in [1.54, 1.807) is 12.1 Å². The summed E-state index contributed by atoms with van der Waals surface area (Å²) < 4.78 is 15.5. The zero-order valence-electron chi connectivity index (χ0n) is 10.5. The lowest BCUT2D eigenvalue weighted by Crippen LogP contribution is -2.37. The molecule has 2 unspecified atom stereocenters. The van der Waals surface area contributed by atoms with E-state index in [2.05, 4.69) is 0 Å². The summed E-state index contributed by atoms with van der Waals surface area (Å²) in [6.07, 6.45) is -1.64. The van der Waals surface area contributed by atoms with E-state index in [0.717, 1.165) is 0 Å². The lowest BCUT2D eigenvalue weighted by molar-refractivity contribution is -0.0561. The van der Waals surface area contributed by atoms with Crippen LogP contribution in [0.15, 0.2) is 30.3 Å². The Morgan fingerprint density at radius 2 is 1.94 bits per heavy atom. The average molecular weight is 254 g/mol. The minimum atomic E-state index is -1.33. The lowest BCUT2D eigenvalue weighted by Gasteiger charge is -2.23. The van der Waals surface area contributed by atoms with E-state index in [1.165, 1.54) is 7.11 Å². The van der Waals surface area contributed by atoms with Crippen LogP contribution in [0.5, 0.6) is 5.75 Å². The molecule has 0 aromatic heterocycles. The van der Waals surface area contributed by atoms with Crippen LogP contribution in [-0.2, 0) is 9.47 Å². The molecule has 0 radical (unpaired) electrons. The second kappa shape index (κ2) is 7.55. The van der Waals surface area contributed by atoms with Gasteiger partial charge in [-0.3, -0.25) is 0 Å². The summed E-state index contributed by atoms with van der Waals surface area (Å²) in [6, 6.07) is 9.16. The minimum Gasteiger partial charge on any atom is -0.490 e. The van der Waals surface area contributed by atoms with Gasteiger partial charge in [-0.05, 0) is 18.6 Å². The molecule has 0 saturated heterocycles. The Kier molecular flexibility index (Phi) is 6.00. The molecule has 1 aromatic rings. The first-order valence-corrected chi connectivity index (χ1v) is 5.77. The molecule has 1 N–H and O–H groups in total. The molecular formula is C13H18O5. The van der Waals surface area contributed by atoms with E-state index < -0.39 is 12.3 Å². The molecule has 100 valence electrons. The van der Waals surface area contributed by atoms with Gasteiger partial charge in [0.2, 0.25) is 0 Å². The second-order valence-corrected chi connectivity index (χ2v) is 3.73. The number of para-hydroxylation sites is 1. The van der Waals surface area contributed by atoms with Gasteiger partial charge in [0, 0.05) is 7.11 Å². The van der Waals surface area contributed by atoms with Gasteiger partial charge in [-0.2, -0.15) is 0 Å². The summed E-state index contributed by atoms with van der Waals surface area (Å²) in [6.45, 7) is 2.03. The maximum absolute atomic E-state index is 10.6. The van der Waals surface area contributed by atoms with Gasteiger partial charge in [-0.25, -0.2) is 4.79 Å². The molecule has 0 aliphatic rings. The summed E-state index contributed by atoms with van der Waals surface area (Å²) in [5, 5.41) is 8.69. The van der Waals surface area contributed by atoms with Crippen LogP contribution in [0, 0.1) is 0 Å². The molecule has 0 amide bonds. The van der Waals surface area contributed by atoms with E-state index >= 15 is 0 Å². The van der Waals surface area contributed by atoms with Gasteiger partial charge in [0.25, 0.3) is 0 Å². The fraction of sp³-hybridized carbons (Fsp3) is 0.462. The maximum Gasteiger partial charge on any atom is 0.506 e. The van der Waals surface area contributed by atoms with Crippen LogP contribution in [0.25, 0.3) is 0 Å². The Morgan fingerprint density at radius 3 is 2.44 bits per heavy atom. The number of ether oxygens (including phenoxy) is 3. The van der Waals surface area contributed by atoms with Crippen molar-refractivity contribution in [3.05, 3.63) is 30.3 Å². The van der Waals surface area contributed by atoms with Crippen LogP contribution < -0.4 is 4.74 Å². The highest BCUT2D eigenvalue weighted by Crippen LogP contribution is 2.13. The first-order chi connectivity index (χ1) is 8.67. The van der Waals surface area contributed by atoms with Crippen molar-refractivity contribution in [2.75, 3.05) is 13.7 Å². The molecule has 1 aromatic carbocycles. The van der Waals surface area contributed by atoms with Gasteiger partial charge >= 0.3 is 6.16 Å². The number of hydrogen-bond acceptors (Lipinski definition) is 4. The number of carbonyl (C=O) groups is 1. The molecule has 0 fully saturated rings. The van der Waals surface area contributed by atoms with Crippen molar-refractivity contribution in [2.24, 2.45) is 0 Å². The van der Waals surface area contributed by atoms with Crippen molar-refractivity contribution in [3.8, 4) is 5.75 Å². The number of rotatable bonds is 7. The molecule has 5 heteroatoms. The Bertz CT molecular complexity index is 348. The summed E-state index contributed by atoms with van der Waals surface area (Å²) in [5.74, 6) is 0.669. The zero-order chi connectivity index (χ0) is 13.4. The lowest BCUT2D eigenvalue weighted by atomic mass is 10.1. The predicted octanol–water partition coefficient (Wildman–Crippen LogP) is 2.55. The van der Waals surface area contributed by atoms with Crippen LogP contribution in [0.4, 0.5) is 4.79 Å². The molecule has 0 spiro atoms. The molecule has 0 aliphatic carbocycles. The van der Waals surface area contributed by atoms with Crippen LogP contribution in [-0.4, -0.2) is 37.2 Å². The Balaban J connectivity index is 2.58. The molecular weight excluding hydrogens is 236 g/mol. The third-order valence-corrected chi connectivity index (χ3v) is 2.53. The third-order valence-electron chi connectivity index (χ3n) is 2.53. The topological polar surface area (TPSA) is 65.0 Å². The fourth-order valence-electron chi connectivity index (χ4n) is 1.62. The van der Waals surface area contributed by atoms with Crippen molar-refractivity contribution >= 4 is 6.16 Å². The molecule has 2 atom stereocenters. The molecule has 0 heterocycles. The monoisotopic (exact) mass is 254 g/mol. The van der Waals surface area contributed by atoms with E-state index in [4.69, 9.17) is 19.3 Å². The Morgan fingerprint density at radius 1 is 1.28 bits per heavy atom. The highest BCUT2D eigenvalue weighted by atomic mass is 16.7. The van der Waals surface area contributed by atoms with Gasteiger partial charge in [-0.15, -0.1) is 0 Å². The van der Waals surface area contributed by atoms with Crippen molar-refractivity contribution in [1.82, 2.24) is 0 Å². The van der Waals surface area contributed by atoms with Gasteiger partial charge in [0.15, 0.2) is 6.10 Å². The Hall–Kier alpha value is -1.75. The number of benzene rings is 1. The van der Waals surface area contributed by atoms with Crippen molar-refractivity contribution in [2.45, 2.75) is 25.6 Å². The van der Waals surface area contributed by atoms with Gasteiger partial charge in [-0.1, -0.05) is 25.1 Å². The largest absolute Gasteiger partial charge is 0.506 e. The number of carboxylic acid groups (broad SMARTS) is 1. The molecule has 0 saturated carbocycles. The standard InChI is InChI=1S/C13H18O5/c1-3-11(16-2)12(18-13(14)15)9-17-10-7-5-4-6-8-10/h4-8,11-12H,3,9H2,1-2H3,(H,14,15). The number of methoxy groups -OCH3 is 1. The molecule has 0 aliphatic heterocycles. The first kappa shape index (κ1) is 14.3. The average Bonchev–Trinajstić information content (AvgIpc) is 2.38. The van der Waals surface area contributed by atoms with E-state index in [0.29, 0.717) is 12.2 Å². The van der Waals surface area contributed by atoms with Crippen LogP contribution in [0.1, 0.15) is 13.3 Å². The predicted molar refractivity (Wildman–Crippen MR) is 65.9 cm³/mol. The summed E-state index contributed by atoms with van der Waals surface area (Å²) in [7, 11) is 1.52. The summed E-state index contributed by atoms with van der Waals surface area (Å²) in [4.78, 5) is 10.6. The highest BCUT2D eigenvalue weighted by molar-refractivity contribution is 5.57. The molecule has 0 bridgehead atoms. The first-order valence-electron chi connectivity index (χ1n) is 5.77. The SMILES string of the molecule is CCC(OC)C(COc1ccccc1)OC(=O)O. The second-order valence-electron chi connectivity index (χ2n) is 3.73. The molecule has 5 nitrogen and oxygen atoms in total. The highest BCUT2D eigenvalue weighted by Gasteiger charge is 2.24. The van der Waals surface area contributed by atoms with E-state index in [-0.39, 0.29) is 12.7 Å². The normalized spacial score (nSPS) is 13.7. The zero-order valence-corrected chi connectivity index (χ0v) is 10.5. The van der Waals surface area contributed by atoms with E-state index in [1.807, 2.05) is 25.1 Å². The third kappa shape index (κ3) is 4.63. The molecule has 18 heavy (non-hydrogen) atoms. The quantitative estimate of drug-likeness (QED) is 0.757. The van der Waals surface area contributed by atoms with E-state index in [9.17, 15) is 4.79 Å². The number of hydrogen-bond donors (Lipinski definition) is 1. The minimum absolute atomic E-state index is 0.128. The van der Waals surface area contributed by atoms with Crippen molar-refractivity contribution < 1.29 is 24.1 Å². The molecule has 1 rings (SSSR count). The van der Waals surface area contributed by atoms with Gasteiger partial charge in [0.1, 0.15) is 12.4 Å². The fourth-order valence-corrected chi connectivity index (χ4v) is 1.62. The summed E-state index contributed by atoms with van der Waals surface area (Å²) in [5.41, 5.74) is 0. The van der Waals surface area contributed by atoms with Crippen LogP contribution >= 0.6 is 0 Å². The summed E-state index contributed by atoms with van der Waals surface area (Å²) >= 11 is 0. The maximum atomic E-state index is 10.6. The van der Waals surface area contributed by atoms with Crippen LogP contribution in [0.3, 0.4) is 0 Å². The van der Waals surface area contributed by atoms with Crippen LogP contribution in [0.2, 0.25) is 0 Å².